The monoisotopic (exact) mass is 425 g/mol. The van der Waals surface area contributed by atoms with E-state index in [1.165, 1.54) is 42.5 Å². The molecule has 0 bridgehead atoms. The Kier molecular flexibility index (Phi) is 6.55. The molecule has 28 heavy (non-hydrogen) atoms. The van der Waals surface area contributed by atoms with Gasteiger partial charge in [0, 0.05) is 0 Å². The van der Waals surface area contributed by atoms with Gasteiger partial charge in [0.1, 0.15) is 10.7 Å². The zero-order valence-corrected chi connectivity index (χ0v) is 15.9. The van der Waals surface area contributed by atoms with Crippen LogP contribution in [0.15, 0.2) is 51.5 Å². The fourth-order valence-electron chi connectivity index (χ4n) is 2.30. The molecule has 11 heteroatoms. The van der Waals surface area contributed by atoms with Crippen LogP contribution in [-0.2, 0) is 9.53 Å². The molecule has 1 aromatic carbocycles. The summed E-state index contributed by atoms with van der Waals surface area (Å²) in [4.78, 5) is 34.2. The number of nitrogens with zero attached hydrogens (tertiary/aromatic N) is 3. The van der Waals surface area contributed by atoms with Crippen molar-refractivity contribution in [3.05, 3.63) is 63.4 Å². The van der Waals surface area contributed by atoms with E-state index in [0.29, 0.717) is 11.3 Å². The van der Waals surface area contributed by atoms with Gasteiger partial charge in [-0.1, -0.05) is 11.6 Å². The van der Waals surface area contributed by atoms with Crippen molar-refractivity contribution in [2.45, 2.75) is 6.92 Å². The number of nitro groups is 1. The number of hydrazone groups is 1. The second-order valence-corrected chi connectivity index (χ2v) is 5.62. The highest BCUT2D eigenvalue weighted by molar-refractivity contribution is 6.74. The van der Waals surface area contributed by atoms with E-state index in [2.05, 4.69) is 5.10 Å². The zero-order chi connectivity index (χ0) is 19.6. The van der Waals surface area contributed by atoms with Gasteiger partial charge in [-0.2, -0.15) is 10.1 Å². The average molecular weight is 426 g/mol. The first-order chi connectivity index (χ1) is 12.9. The number of halogens is 2. The Morgan fingerprint density at radius 1 is 1.32 bits per heavy atom. The van der Waals surface area contributed by atoms with Crippen LogP contribution in [0.25, 0.3) is 6.08 Å². The van der Waals surface area contributed by atoms with Gasteiger partial charge in [-0.15, -0.1) is 12.4 Å². The third kappa shape index (κ3) is 4.21. The first-order valence-corrected chi connectivity index (χ1v) is 8.10. The summed E-state index contributed by atoms with van der Waals surface area (Å²) in [5, 5.41) is 15.6. The molecule has 9 nitrogen and oxygen atoms in total. The summed E-state index contributed by atoms with van der Waals surface area (Å²) in [5.74, 6) is -1.37. The third-order valence-electron chi connectivity index (χ3n) is 3.53. The van der Waals surface area contributed by atoms with Gasteiger partial charge in [0.05, 0.1) is 29.5 Å². The molecule has 0 aliphatic carbocycles. The van der Waals surface area contributed by atoms with Crippen LogP contribution >= 0.6 is 24.0 Å². The van der Waals surface area contributed by atoms with Crippen LogP contribution in [0.4, 0.5) is 11.6 Å². The van der Waals surface area contributed by atoms with Gasteiger partial charge in [0.2, 0.25) is 0 Å². The van der Waals surface area contributed by atoms with Crippen molar-refractivity contribution >= 4 is 58.7 Å². The molecule has 1 aliphatic heterocycles. The summed E-state index contributed by atoms with van der Waals surface area (Å²) in [6.45, 7) is 1.96. The minimum Gasteiger partial charge on any atom is -0.462 e. The number of carbonyl (C=O) groups excluding carboxylic acids is 2. The number of carbonyl (C=O) groups is 2. The van der Waals surface area contributed by atoms with E-state index in [4.69, 9.17) is 20.8 Å². The lowest BCUT2D eigenvalue weighted by Gasteiger charge is -2.11. The van der Waals surface area contributed by atoms with Crippen LogP contribution in [0, 0.1) is 10.1 Å². The number of furan rings is 1. The normalized spacial score (nSPS) is 14.6. The Hall–Kier alpha value is -3.17. The van der Waals surface area contributed by atoms with Gasteiger partial charge in [-0.3, -0.25) is 14.9 Å². The van der Waals surface area contributed by atoms with Gasteiger partial charge >= 0.3 is 11.9 Å². The highest BCUT2D eigenvalue weighted by Crippen LogP contribution is 2.28. The van der Waals surface area contributed by atoms with E-state index in [9.17, 15) is 19.7 Å². The van der Waals surface area contributed by atoms with E-state index in [-0.39, 0.29) is 35.5 Å². The molecule has 0 unspecified atom stereocenters. The largest absolute Gasteiger partial charge is 0.462 e. The van der Waals surface area contributed by atoms with Crippen LogP contribution in [0.2, 0.25) is 0 Å². The molecular formula is C17H13Cl2N3O6. The van der Waals surface area contributed by atoms with Crippen molar-refractivity contribution in [2.24, 2.45) is 5.10 Å². The van der Waals surface area contributed by atoms with Crippen molar-refractivity contribution in [1.29, 1.82) is 0 Å². The molecule has 3 rings (SSSR count). The summed E-state index contributed by atoms with van der Waals surface area (Å²) in [6.07, 6.45) is 1.27. The van der Waals surface area contributed by atoms with Crippen LogP contribution in [0.1, 0.15) is 23.0 Å². The topological polar surface area (TPSA) is 115 Å². The predicted molar refractivity (Wildman–Crippen MR) is 104 cm³/mol. The highest BCUT2D eigenvalue weighted by Gasteiger charge is 2.31. The molecule has 1 amide bonds. The predicted octanol–water partition coefficient (Wildman–Crippen LogP) is 3.77. The molecule has 146 valence electrons. The number of esters is 1. The van der Waals surface area contributed by atoms with Gasteiger partial charge in [-0.05, 0) is 43.3 Å². The lowest BCUT2D eigenvalue weighted by Crippen LogP contribution is -2.21. The number of rotatable bonds is 5. The fourth-order valence-corrected chi connectivity index (χ4v) is 2.51. The van der Waals surface area contributed by atoms with E-state index in [1.807, 2.05) is 0 Å². The molecule has 0 saturated carbocycles. The number of ether oxygens (including phenoxy) is 1. The molecule has 0 spiro atoms. The van der Waals surface area contributed by atoms with Crippen LogP contribution in [-0.4, -0.2) is 28.6 Å². The average Bonchev–Trinajstić information content (AvgIpc) is 3.23. The second kappa shape index (κ2) is 8.68. The number of hydrogen-bond acceptors (Lipinski definition) is 7. The molecule has 2 aromatic rings. The Labute approximate surface area is 169 Å². The summed E-state index contributed by atoms with van der Waals surface area (Å²) in [7, 11) is 0. The third-order valence-corrected chi connectivity index (χ3v) is 3.81. The maximum Gasteiger partial charge on any atom is 0.433 e. The first kappa shape index (κ1) is 21.1. The first-order valence-electron chi connectivity index (χ1n) is 7.72. The minimum atomic E-state index is -0.689. The van der Waals surface area contributed by atoms with Gasteiger partial charge in [-0.25, -0.2) is 4.79 Å². The standard InChI is InChI=1S/C17H12ClN3O6.ClH/c1-2-26-17(23)10-3-5-11(6-4-10)20-16(22)13(15(18)19-20)9-12-7-8-14(27-12)21(24)25;/h3-9H,2H2,1H3;1H/b13-9+;. The maximum atomic E-state index is 12.6. The molecule has 0 N–H and O–H groups in total. The lowest BCUT2D eigenvalue weighted by molar-refractivity contribution is -0.402. The molecule has 1 aliphatic rings. The SMILES string of the molecule is CCOC(=O)c1ccc(N2N=C(Cl)/C(=C\c3ccc([N+](=O)[O-])o3)C2=O)cc1.Cl. The lowest BCUT2D eigenvalue weighted by atomic mass is 10.2. The van der Waals surface area contributed by atoms with Gasteiger partial charge < -0.3 is 9.15 Å². The minimum absolute atomic E-state index is 0. The molecular weight excluding hydrogens is 413 g/mol. The highest BCUT2D eigenvalue weighted by atomic mass is 35.5. The van der Waals surface area contributed by atoms with Crippen LogP contribution in [0.3, 0.4) is 0 Å². The van der Waals surface area contributed by atoms with E-state index in [0.717, 1.165) is 5.01 Å². The number of anilines is 1. The Morgan fingerprint density at radius 2 is 2.00 bits per heavy atom. The summed E-state index contributed by atoms with van der Waals surface area (Å²) in [5.41, 5.74) is 0.747. The Balaban J connectivity index is 0.00000280. The van der Waals surface area contributed by atoms with Gasteiger partial charge in [0.25, 0.3) is 5.91 Å². The zero-order valence-electron chi connectivity index (χ0n) is 14.3. The molecule has 1 aromatic heterocycles. The summed E-state index contributed by atoms with van der Waals surface area (Å²) < 4.78 is 9.90. The quantitative estimate of drug-likeness (QED) is 0.311. The second-order valence-electron chi connectivity index (χ2n) is 5.27. The fraction of sp³-hybridized carbons (Fsp3) is 0.118. The molecule has 0 saturated heterocycles. The van der Waals surface area contributed by atoms with Crippen molar-refractivity contribution in [1.82, 2.24) is 0 Å². The van der Waals surface area contributed by atoms with E-state index < -0.39 is 22.7 Å². The Morgan fingerprint density at radius 3 is 2.57 bits per heavy atom. The molecule has 0 atom stereocenters. The van der Waals surface area contributed by atoms with Gasteiger partial charge in [0.15, 0.2) is 5.17 Å². The smallest absolute Gasteiger partial charge is 0.433 e. The van der Waals surface area contributed by atoms with Crippen molar-refractivity contribution in [2.75, 3.05) is 11.6 Å². The van der Waals surface area contributed by atoms with E-state index in [1.54, 1.807) is 6.92 Å². The molecule has 0 radical (unpaired) electrons. The maximum absolute atomic E-state index is 12.6. The van der Waals surface area contributed by atoms with Crippen molar-refractivity contribution in [3.63, 3.8) is 0 Å². The summed E-state index contributed by atoms with van der Waals surface area (Å²) in [6, 6.07) is 8.57. The molecule has 0 fully saturated rings. The summed E-state index contributed by atoms with van der Waals surface area (Å²) >= 11 is 6.03. The number of benzene rings is 1. The van der Waals surface area contributed by atoms with Crippen molar-refractivity contribution in [3.8, 4) is 0 Å². The van der Waals surface area contributed by atoms with E-state index >= 15 is 0 Å². The van der Waals surface area contributed by atoms with Crippen LogP contribution < -0.4 is 5.01 Å². The number of amides is 1. The van der Waals surface area contributed by atoms with Crippen molar-refractivity contribution < 1.29 is 23.7 Å². The van der Waals surface area contributed by atoms with Crippen LogP contribution in [0.5, 0.6) is 0 Å². The molecule has 2 heterocycles. The number of hydrogen-bond donors (Lipinski definition) is 0. The Bertz CT molecular complexity index is 981.